The number of nitrogens with zero attached hydrogens (tertiary/aromatic N) is 2. The molecule has 3 nitrogen and oxygen atoms in total. The second kappa shape index (κ2) is 7.04. The first kappa shape index (κ1) is 15.9. The fraction of sp³-hybridized carbons (Fsp3) is 0.316. The maximum absolute atomic E-state index is 9.22. The first-order chi connectivity index (χ1) is 11.2. The van der Waals surface area contributed by atoms with Gasteiger partial charge in [0.25, 0.3) is 0 Å². The van der Waals surface area contributed by atoms with Crippen molar-refractivity contribution in [2.45, 2.75) is 13.5 Å². The Labute approximate surface area is 142 Å². The lowest BCUT2D eigenvalue weighted by Crippen LogP contribution is -3.13. The molecule has 1 saturated heterocycles. The Balaban J connectivity index is 1.65. The maximum atomic E-state index is 9.22. The van der Waals surface area contributed by atoms with Crippen LogP contribution in [0.3, 0.4) is 0 Å². The molecule has 1 N–H and O–H groups in total. The molecule has 1 aliphatic rings. The van der Waals surface area contributed by atoms with Crippen LogP contribution in [0.4, 0.5) is 5.69 Å². The molecule has 0 spiro atoms. The zero-order valence-corrected chi connectivity index (χ0v) is 14.1. The Hall–Kier alpha value is -2.02. The smallest absolute Gasteiger partial charge is 0.104 e. The number of piperazine rings is 1. The lowest BCUT2D eigenvalue weighted by molar-refractivity contribution is -0.914. The molecular formula is C19H21ClN3+. The highest BCUT2D eigenvalue weighted by Gasteiger charge is 2.22. The fourth-order valence-electron chi connectivity index (χ4n) is 3.22. The summed E-state index contributed by atoms with van der Waals surface area (Å²) in [5.74, 6) is 0. The number of hydrogen-bond donors (Lipinski definition) is 1. The largest absolute Gasteiger partial charge is 0.360 e. The van der Waals surface area contributed by atoms with Gasteiger partial charge in [0.1, 0.15) is 6.54 Å². The normalized spacial score (nSPS) is 15.4. The van der Waals surface area contributed by atoms with Gasteiger partial charge in [0.05, 0.1) is 37.8 Å². The summed E-state index contributed by atoms with van der Waals surface area (Å²) in [5.41, 5.74) is 4.46. The molecule has 0 saturated carbocycles. The first-order valence-electron chi connectivity index (χ1n) is 8.00. The standard InChI is InChI=1S/C19H20ClN3/c1-15-6-7-18(20)12-19(15)23-10-8-22(9-11-23)14-17-5-3-2-4-16(17)13-21/h2-7,12H,8-11,14H2,1H3/p+1. The number of rotatable bonds is 3. The van der Waals surface area contributed by atoms with E-state index in [4.69, 9.17) is 11.6 Å². The number of halogens is 1. The minimum Gasteiger partial charge on any atom is -0.360 e. The van der Waals surface area contributed by atoms with E-state index in [1.165, 1.54) is 16.2 Å². The molecule has 0 aliphatic carbocycles. The summed E-state index contributed by atoms with van der Waals surface area (Å²) in [7, 11) is 0. The predicted molar refractivity (Wildman–Crippen MR) is 94.0 cm³/mol. The van der Waals surface area contributed by atoms with E-state index in [1.807, 2.05) is 24.3 Å². The van der Waals surface area contributed by atoms with E-state index < -0.39 is 0 Å². The Kier molecular flexibility index (Phi) is 4.85. The summed E-state index contributed by atoms with van der Waals surface area (Å²) in [4.78, 5) is 3.95. The van der Waals surface area contributed by atoms with Crippen molar-refractivity contribution in [2.75, 3.05) is 31.1 Å². The van der Waals surface area contributed by atoms with Gasteiger partial charge in [-0.3, -0.25) is 0 Å². The highest BCUT2D eigenvalue weighted by atomic mass is 35.5. The third-order valence-electron chi connectivity index (χ3n) is 4.56. The van der Waals surface area contributed by atoms with Gasteiger partial charge in [-0.15, -0.1) is 0 Å². The number of aryl methyl sites for hydroxylation is 1. The number of quaternary nitrogens is 1. The summed E-state index contributed by atoms with van der Waals surface area (Å²) >= 11 is 6.14. The Morgan fingerprint density at radius 2 is 1.91 bits per heavy atom. The summed E-state index contributed by atoms with van der Waals surface area (Å²) in [6.45, 7) is 7.24. The van der Waals surface area contributed by atoms with Crippen LogP contribution in [-0.4, -0.2) is 26.2 Å². The highest BCUT2D eigenvalue weighted by molar-refractivity contribution is 6.30. The molecule has 118 valence electrons. The van der Waals surface area contributed by atoms with Gasteiger partial charge in [-0.2, -0.15) is 5.26 Å². The monoisotopic (exact) mass is 326 g/mol. The number of hydrogen-bond acceptors (Lipinski definition) is 2. The molecule has 1 aliphatic heterocycles. The average Bonchev–Trinajstić information content (AvgIpc) is 2.58. The molecule has 0 atom stereocenters. The lowest BCUT2D eigenvalue weighted by atomic mass is 10.1. The van der Waals surface area contributed by atoms with E-state index >= 15 is 0 Å². The first-order valence-corrected chi connectivity index (χ1v) is 8.38. The van der Waals surface area contributed by atoms with E-state index in [2.05, 4.69) is 36.1 Å². The molecule has 2 aromatic rings. The summed E-state index contributed by atoms with van der Waals surface area (Å²) in [6.07, 6.45) is 0. The van der Waals surface area contributed by atoms with Gasteiger partial charge >= 0.3 is 0 Å². The van der Waals surface area contributed by atoms with Crippen LogP contribution >= 0.6 is 11.6 Å². The Morgan fingerprint density at radius 3 is 2.65 bits per heavy atom. The molecule has 0 aromatic heterocycles. The highest BCUT2D eigenvalue weighted by Crippen LogP contribution is 2.24. The summed E-state index contributed by atoms with van der Waals surface area (Å²) < 4.78 is 0. The molecule has 0 bridgehead atoms. The molecule has 1 heterocycles. The van der Waals surface area contributed by atoms with Crippen molar-refractivity contribution in [2.24, 2.45) is 0 Å². The van der Waals surface area contributed by atoms with E-state index in [0.29, 0.717) is 0 Å². The molecule has 4 heteroatoms. The van der Waals surface area contributed by atoms with Crippen LogP contribution in [-0.2, 0) is 6.54 Å². The van der Waals surface area contributed by atoms with Crippen LogP contribution in [0.15, 0.2) is 42.5 Å². The van der Waals surface area contributed by atoms with Crippen LogP contribution in [0.25, 0.3) is 0 Å². The van der Waals surface area contributed by atoms with Crippen molar-refractivity contribution < 1.29 is 4.90 Å². The van der Waals surface area contributed by atoms with Crippen molar-refractivity contribution in [3.05, 3.63) is 64.2 Å². The molecule has 0 unspecified atom stereocenters. The van der Waals surface area contributed by atoms with Crippen LogP contribution in [0.5, 0.6) is 0 Å². The summed E-state index contributed by atoms with van der Waals surface area (Å²) in [5, 5.41) is 10.0. The van der Waals surface area contributed by atoms with Gasteiger partial charge in [0.2, 0.25) is 0 Å². The molecular weight excluding hydrogens is 306 g/mol. The van der Waals surface area contributed by atoms with Gasteiger partial charge in [-0.1, -0.05) is 35.9 Å². The van der Waals surface area contributed by atoms with E-state index in [9.17, 15) is 5.26 Å². The van der Waals surface area contributed by atoms with E-state index in [1.54, 1.807) is 0 Å². The second-order valence-corrected chi connectivity index (χ2v) is 6.55. The van der Waals surface area contributed by atoms with Gasteiger partial charge in [-0.25, -0.2) is 0 Å². The van der Waals surface area contributed by atoms with Crippen LogP contribution < -0.4 is 9.80 Å². The van der Waals surface area contributed by atoms with Crippen molar-refractivity contribution >= 4 is 17.3 Å². The average molecular weight is 327 g/mol. The predicted octanol–water partition coefficient (Wildman–Crippen LogP) is 2.43. The molecule has 2 aromatic carbocycles. The molecule has 1 fully saturated rings. The Morgan fingerprint density at radius 1 is 1.17 bits per heavy atom. The molecule has 3 rings (SSSR count). The quantitative estimate of drug-likeness (QED) is 0.939. The molecule has 23 heavy (non-hydrogen) atoms. The minimum atomic E-state index is 0.795. The third kappa shape index (κ3) is 3.67. The number of benzene rings is 2. The maximum Gasteiger partial charge on any atom is 0.104 e. The SMILES string of the molecule is Cc1ccc(Cl)cc1N1CC[NH+](Cc2ccccc2C#N)CC1. The lowest BCUT2D eigenvalue weighted by Gasteiger charge is -2.34. The Bertz CT molecular complexity index is 728. The van der Waals surface area contributed by atoms with Crippen molar-refractivity contribution in [1.82, 2.24) is 0 Å². The van der Waals surface area contributed by atoms with Crippen LogP contribution in [0, 0.1) is 18.3 Å². The van der Waals surface area contributed by atoms with E-state index in [-0.39, 0.29) is 0 Å². The number of nitrogens with one attached hydrogen (secondary N) is 1. The van der Waals surface area contributed by atoms with Gasteiger partial charge in [0, 0.05) is 16.3 Å². The summed E-state index contributed by atoms with van der Waals surface area (Å²) in [6, 6.07) is 16.3. The van der Waals surface area contributed by atoms with Crippen molar-refractivity contribution in [1.29, 1.82) is 5.26 Å². The van der Waals surface area contributed by atoms with Gasteiger partial charge < -0.3 is 9.80 Å². The van der Waals surface area contributed by atoms with E-state index in [0.717, 1.165) is 48.9 Å². The van der Waals surface area contributed by atoms with Crippen molar-refractivity contribution in [3.8, 4) is 6.07 Å². The van der Waals surface area contributed by atoms with Crippen LogP contribution in [0.2, 0.25) is 5.02 Å². The van der Waals surface area contributed by atoms with Crippen molar-refractivity contribution in [3.63, 3.8) is 0 Å². The number of anilines is 1. The second-order valence-electron chi connectivity index (χ2n) is 6.11. The van der Waals surface area contributed by atoms with Crippen LogP contribution in [0.1, 0.15) is 16.7 Å². The third-order valence-corrected chi connectivity index (χ3v) is 4.80. The molecule has 0 amide bonds. The van der Waals surface area contributed by atoms with Gasteiger partial charge in [0.15, 0.2) is 0 Å². The number of nitriles is 1. The fourth-order valence-corrected chi connectivity index (χ4v) is 3.38. The minimum absolute atomic E-state index is 0.795. The zero-order valence-electron chi connectivity index (χ0n) is 13.3. The topological polar surface area (TPSA) is 31.5 Å². The zero-order chi connectivity index (χ0) is 16.2. The molecule has 0 radical (unpaired) electrons. The van der Waals surface area contributed by atoms with Gasteiger partial charge in [-0.05, 0) is 30.7 Å².